The summed E-state index contributed by atoms with van der Waals surface area (Å²) in [7, 11) is 1.66. The SMILES string of the molecule is CC(c1ccccc1F)N(C)C(=O)CCCNC(=O)c1ccc(Cl)cc1. The lowest BCUT2D eigenvalue weighted by molar-refractivity contribution is -0.131. The zero-order chi connectivity index (χ0) is 19.1. The van der Waals surface area contributed by atoms with Crippen LogP contribution in [0.1, 0.15) is 41.7 Å². The molecule has 0 aromatic heterocycles. The van der Waals surface area contributed by atoms with E-state index < -0.39 is 0 Å². The van der Waals surface area contributed by atoms with Gasteiger partial charge in [0.1, 0.15) is 5.82 Å². The fourth-order valence-electron chi connectivity index (χ4n) is 2.56. The van der Waals surface area contributed by atoms with Crippen LogP contribution in [0.25, 0.3) is 0 Å². The summed E-state index contributed by atoms with van der Waals surface area (Å²) in [5.41, 5.74) is 1.01. The number of benzene rings is 2. The van der Waals surface area contributed by atoms with Gasteiger partial charge in [-0.25, -0.2) is 4.39 Å². The maximum atomic E-state index is 13.9. The molecule has 0 bridgehead atoms. The van der Waals surface area contributed by atoms with Crippen LogP contribution in [-0.4, -0.2) is 30.3 Å². The van der Waals surface area contributed by atoms with E-state index in [0.29, 0.717) is 29.1 Å². The van der Waals surface area contributed by atoms with Crippen LogP contribution >= 0.6 is 11.6 Å². The average molecular weight is 377 g/mol. The second kappa shape index (κ2) is 9.34. The van der Waals surface area contributed by atoms with Gasteiger partial charge in [-0.3, -0.25) is 9.59 Å². The maximum Gasteiger partial charge on any atom is 0.251 e. The Morgan fingerprint density at radius 3 is 2.46 bits per heavy atom. The first-order chi connectivity index (χ1) is 12.4. The molecule has 138 valence electrons. The van der Waals surface area contributed by atoms with E-state index in [0.717, 1.165) is 0 Å². The highest BCUT2D eigenvalue weighted by Gasteiger charge is 2.19. The molecule has 0 fully saturated rings. The molecule has 0 radical (unpaired) electrons. The van der Waals surface area contributed by atoms with E-state index in [4.69, 9.17) is 11.6 Å². The van der Waals surface area contributed by atoms with Crippen LogP contribution in [0.3, 0.4) is 0 Å². The Morgan fingerprint density at radius 2 is 1.81 bits per heavy atom. The summed E-state index contributed by atoms with van der Waals surface area (Å²) in [5, 5.41) is 3.34. The zero-order valence-electron chi connectivity index (χ0n) is 14.8. The molecular formula is C20H22ClFN2O2. The number of halogens is 2. The summed E-state index contributed by atoms with van der Waals surface area (Å²) in [6, 6.07) is 12.7. The van der Waals surface area contributed by atoms with E-state index in [-0.39, 0.29) is 30.1 Å². The number of nitrogens with zero attached hydrogens (tertiary/aromatic N) is 1. The van der Waals surface area contributed by atoms with Gasteiger partial charge >= 0.3 is 0 Å². The summed E-state index contributed by atoms with van der Waals surface area (Å²) in [6.45, 7) is 2.17. The molecule has 1 atom stereocenters. The summed E-state index contributed by atoms with van der Waals surface area (Å²) in [6.07, 6.45) is 0.780. The molecule has 26 heavy (non-hydrogen) atoms. The minimum absolute atomic E-state index is 0.0958. The number of carbonyl (C=O) groups excluding carboxylic acids is 2. The molecule has 2 amide bonds. The summed E-state index contributed by atoms with van der Waals surface area (Å²) >= 11 is 5.79. The number of nitrogens with one attached hydrogen (secondary N) is 1. The van der Waals surface area contributed by atoms with Gasteiger partial charge in [0, 0.05) is 36.2 Å². The topological polar surface area (TPSA) is 49.4 Å². The second-order valence-electron chi connectivity index (χ2n) is 6.07. The standard InChI is InChI=1S/C20H22ClFN2O2/c1-14(17-6-3-4-7-18(17)22)24(2)19(25)8-5-13-23-20(26)15-9-11-16(21)12-10-15/h3-4,6-7,9-12,14H,5,8,13H2,1-2H3,(H,23,26). The highest BCUT2D eigenvalue weighted by Crippen LogP contribution is 2.22. The van der Waals surface area contributed by atoms with Crippen molar-refractivity contribution in [1.29, 1.82) is 0 Å². The van der Waals surface area contributed by atoms with Crippen molar-refractivity contribution in [2.45, 2.75) is 25.8 Å². The molecule has 0 saturated carbocycles. The fraction of sp³-hybridized carbons (Fsp3) is 0.300. The van der Waals surface area contributed by atoms with Crippen molar-refractivity contribution in [2.24, 2.45) is 0 Å². The van der Waals surface area contributed by atoms with Crippen molar-refractivity contribution < 1.29 is 14.0 Å². The Hall–Kier alpha value is -2.40. The number of carbonyl (C=O) groups is 2. The number of amides is 2. The van der Waals surface area contributed by atoms with Crippen molar-refractivity contribution in [3.63, 3.8) is 0 Å². The van der Waals surface area contributed by atoms with E-state index in [1.165, 1.54) is 11.0 Å². The molecule has 1 N–H and O–H groups in total. The summed E-state index contributed by atoms with van der Waals surface area (Å²) in [5.74, 6) is -0.626. The molecule has 0 aliphatic heterocycles. The lowest BCUT2D eigenvalue weighted by Crippen LogP contribution is -2.31. The minimum atomic E-state index is -0.354. The highest BCUT2D eigenvalue weighted by molar-refractivity contribution is 6.30. The first-order valence-electron chi connectivity index (χ1n) is 8.44. The largest absolute Gasteiger partial charge is 0.352 e. The van der Waals surface area contributed by atoms with Crippen molar-refractivity contribution in [3.8, 4) is 0 Å². The molecule has 1 unspecified atom stereocenters. The van der Waals surface area contributed by atoms with E-state index in [1.54, 1.807) is 56.4 Å². The third-order valence-corrected chi connectivity index (χ3v) is 4.54. The molecule has 0 saturated heterocycles. The number of rotatable bonds is 7. The normalized spacial score (nSPS) is 11.7. The number of hydrogen-bond acceptors (Lipinski definition) is 2. The number of hydrogen-bond donors (Lipinski definition) is 1. The molecule has 0 aliphatic rings. The molecule has 0 heterocycles. The predicted octanol–water partition coefficient (Wildman–Crippen LogP) is 4.21. The van der Waals surface area contributed by atoms with Gasteiger partial charge in [0.25, 0.3) is 5.91 Å². The van der Waals surface area contributed by atoms with Gasteiger partial charge in [-0.15, -0.1) is 0 Å². The monoisotopic (exact) mass is 376 g/mol. The van der Waals surface area contributed by atoms with E-state index in [1.807, 2.05) is 0 Å². The smallest absolute Gasteiger partial charge is 0.251 e. The van der Waals surface area contributed by atoms with Crippen molar-refractivity contribution in [3.05, 3.63) is 70.5 Å². The van der Waals surface area contributed by atoms with Crippen molar-refractivity contribution in [1.82, 2.24) is 10.2 Å². The van der Waals surface area contributed by atoms with Crippen LogP contribution < -0.4 is 5.32 Å². The predicted molar refractivity (Wildman–Crippen MR) is 101 cm³/mol. The second-order valence-corrected chi connectivity index (χ2v) is 6.50. The highest BCUT2D eigenvalue weighted by atomic mass is 35.5. The van der Waals surface area contributed by atoms with Gasteiger partial charge in [-0.2, -0.15) is 0 Å². The van der Waals surface area contributed by atoms with E-state index >= 15 is 0 Å². The third-order valence-electron chi connectivity index (χ3n) is 4.29. The molecule has 0 aliphatic carbocycles. The van der Waals surface area contributed by atoms with Gasteiger partial charge < -0.3 is 10.2 Å². The lowest BCUT2D eigenvalue weighted by Gasteiger charge is -2.25. The molecule has 0 spiro atoms. The lowest BCUT2D eigenvalue weighted by atomic mass is 10.1. The van der Waals surface area contributed by atoms with Crippen LogP contribution in [0.15, 0.2) is 48.5 Å². The van der Waals surface area contributed by atoms with Gasteiger partial charge in [0.2, 0.25) is 5.91 Å². The van der Waals surface area contributed by atoms with Gasteiger partial charge in [-0.1, -0.05) is 29.8 Å². The third kappa shape index (κ3) is 5.30. The summed E-state index contributed by atoms with van der Waals surface area (Å²) < 4.78 is 13.9. The van der Waals surface area contributed by atoms with Crippen LogP contribution in [-0.2, 0) is 4.79 Å². The Balaban J connectivity index is 1.78. The quantitative estimate of drug-likeness (QED) is 0.736. The van der Waals surface area contributed by atoms with Gasteiger partial charge in [-0.05, 0) is 43.7 Å². The fourth-order valence-corrected chi connectivity index (χ4v) is 2.69. The van der Waals surface area contributed by atoms with Crippen LogP contribution in [0.4, 0.5) is 4.39 Å². The average Bonchev–Trinajstić information content (AvgIpc) is 2.64. The zero-order valence-corrected chi connectivity index (χ0v) is 15.6. The van der Waals surface area contributed by atoms with Crippen molar-refractivity contribution in [2.75, 3.05) is 13.6 Å². The van der Waals surface area contributed by atoms with E-state index in [2.05, 4.69) is 5.32 Å². The van der Waals surface area contributed by atoms with E-state index in [9.17, 15) is 14.0 Å². The first kappa shape index (κ1) is 19.9. The van der Waals surface area contributed by atoms with Crippen LogP contribution in [0, 0.1) is 5.82 Å². The van der Waals surface area contributed by atoms with Gasteiger partial charge in [0.05, 0.1) is 6.04 Å². The first-order valence-corrected chi connectivity index (χ1v) is 8.82. The molecule has 2 rings (SSSR count). The summed E-state index contributed by atoms with van der Waals surface area (Å²) in [4.78, 5) is 25.8. The Morgan fingerprint density at radius 1 is 1.15 bits per heavy atom. The van der Waals surface area contributed by atoms with Crippen LogP contribution in [0.5, 0.6) is 0 Å². The minimum Gasteiger partial charge on any atom is -0.352 e. The Bertz CT molecular complexity index is 765. The Kier molecular flexibility index (Phi) is 7.16. The van der Waals surface area contributed by atoms with Crippen LogP contribution in [0.2, 0.25) is 5.02 Å². The molecule has 4 nitrogen and oxygen atoms in total. The maximum absolute atomic E-state index is 13.9. The molecular weight excluding hydrogens is 355 g/mol. The Labute approximate surface area is 158 Å². The molecule has 2 aromatic rings. The molecule has 6 heteroatoms. The molecule has 2 aromatic carbocycles. The van der Waals surface area contributed by atoms with Gasteiger partial charge in [0.15, 0.2) is 0 Å². The van der Waals surface area contributed by atoms with Crippen molar-refractivity contribution >= 4 is 23.4 Å².